The molecule has 0 aromatic heterocycles. The minimum absolute atomic E-state index is 0.0753. The van der Waals surface area contributed by atoms with Gasteiger partial charge in [-0.05, 0) is 35.4 Å². The number of urea groups is 1. The van der Waals surface area contributed by atoms with E-state index in [1.807, 2.05) is 36.4 Å². The summed E-state index contributed by atoms with van der Waals surface area (Å²) in [7, 11) is 1.34. The number of carbonyl (C=O) groups excluding carboxylic acids is 2. The van der Waals surface area contributed by atoms with Crippen LogP contribution < -0.4 is 5.32 Å². The second-order valence-electron chi connectivity index (χ2n) is 5.59. The Morgan fingerprint density at radius 1 is 1.24 bits per heavy atom. The monoisotopic (exact) mass is 356 g/mol. The lowest BCUT2D eigenvalue weighted by molar-refractivity contribution is -0.141. The lowest BCUT2D eigenvalue weighted by Crippen LogP contribution is -2.39. The van der Waals surface area contributed by atoms with Gasteiger partial charge >= 0.3 is 12.0 Å². The molecule has 1 heterocycles. The summed E-state index contributed by atoms with van der Waals surface area (Å²) in [6.07, 6.45) is 3.54. The van der Waals surface area contributed by atoms with Crippen LogP contribution in [0, 0.1) is 0 Å². The van der Waals surface area contributed by atoms with E-state index in [0.717, 1.165) is 11.1 Å². The number of esters is 1. The number of carbonyl (C=O) groups is 2. The number of amides is 2. The molecule has 1 atom stereocenters. The number of rotatable bonds is 4. The van der Waals surface area contributed by atoms with E-state index in [9.17, 15) is 9.59 Å². The maximum atomic E-state index is 12.5. The van der Waals surface area contributed by atoms with Gasteiger partial charge in [-0.25, -0.2) is 4.79 Å². The number of hydrogen-bond donors (Lipinski definition) is 1. The standard InChI is InChI=1S/C19H17ClN2O3/c1-25-18(23)12-17-15-4-2-3-5-16(15)21-19(24)22(17)11-10-13-6-8-14(20)9-7-13/h2-11,17H,12H2,1H3,(H,21,24)/b11-10+. The largest absolute Gasteiger partial charge is 0.469 e. The van der Waals surface area contributed by atoms with E-state index in [1.165, 1.54) is 12.0 Å². The van der Waals surface area contributed by atoms with Crippen LogP contribution in [0.2, 0.25) is 5.02 Å². The third kappa shape index (κ3) is 3.83. The fourth-order valence-corrected chi connectivity index (χ4v) is 2.86. The second kappa shape index (κ2) is 7.40. The fourth-order valence-electron chi connectivity index (χ4n) is 2.73. The zero-order chi connectivity index (χ0) is 17.8. The van der Waals surface area contributed by atoms with Crippen LogP contribution in [0.3, 0.4) is 0 Å². The minimum atomic E-state index is -0.430. The summed E-state index contributed by atoms with van der Waals surface area (Å²) in [5.74, 6) is -0.376. The van der Waals surface area contributed by atoms with E-state index in [1.54, 1.807) is 24.4 Å². The Morgan fingerprint density at radius 2 is 1.96 bits per heavy atom. The number of hydrogen-bond acceptors (Lipinski definition) is 3. The summed E-state index contributed by atoms with van der Waals surface area (Å²) in [5.41, 5.74) is 2.47. The SMILES string of the molecule is COC(=O)CC1c2ccccc2NC(=O)N1/C=C/c1ccc(Cl)cc1. The van der Waals surface area contributed by atoms with E-state index in [-0.39, 0.29) is 18.4 Å². The molecule has 25 heavy (non-hydrogen) atoms. The number of ether oxygens (including phenoxy) is 1. The van der Waals surface area contributed by atoms with E-state index in [0.29, 0.717) is 10.7 Å². The van der Waals surface area contributed by atoms with Gasteiger partial charge in [0, 0.05) is 16.9 Å². The lowest BCUT2D eigenvalue weighted by Gasteiger charge is -2.34. The molecule has 2 aromatic carbocycles. The number of anilines is 1. The highest BCUT2D eigenvalue weighted by atomic mass is 35.5. The Morgan fingerprint density at radius 3 is 2.68 bits per heavy atom. The van der Waals surface area contributed by atoms with E-state index in [4.69, 9.17) is 16.3 Å². The molecule has 0 fully saturated rings. The maximum absolute atomic E-state index is 12.5. The third-order valence-corrected chi connectivity index (χ3v) is 4.27. The molecular formula is C19H17ClN2O3. The molecule has 1 aliphatic rings. The number of para-hydroxylation sites is 1. The molecule has 0 aliphatic carbocycles. The molecule has 0 radical (unpaired) electrons. The average molecular weight is 357 g/mol. The highest BCUT2D eigenvalue weighted by molar-refractivity contribution is 6.30. The maximum Gasteiger partial charge on any atom is 0.326 e. The molecular weight excluding hydrogens is 340 g/mol. The highest BCUT2D eigenvalue weighted by Crippen LogP contribution is 2.35. The van der Waals surface area contributed by atoms with Crippen LogP contribution >= 0.6 is 11.6 Å². The van der Waals surface area contributed by atoms with Gasteiger partial charge < -0.3 is 10.1 Å². The molecule has 5 nitrogen and oxygen atoms in total. The minimum Gasteiger partial charge on any atom is -0.469 e. The van der Waals surface area contributed by atoms with E-state index < -0.39 is 6.04 Å². The van der Waals surface area contributed by atoms with Gasteiger partial charge in [0.25, 0.3) is 0 Å². The molecule has 0 saturated heterocycles. The molecule has 6 heteroatoms. The van der Waals surface area contributed by atoms with Crippen molar-refractivity contribution in [1.29, 1.82) is 0 Å². The van der Waals surface area contributed by atoms with Gasteiger partial charge in [0.1, 0.15) is 0 Å². The van der Waals surface area contributed by atoms with Gasteiger partial charge in [-0.1, -0.05) is 41.9 Å². The van der Waals surface area contributed by atoms with Crippen molar-refractivity contribution in [3.8, 4) is 0 Å². The number of fused-ring (bicyclic) bond motifs is 1. The van der Waals surface area contributed by atoms with Crippen molar-refractivity contribution in [2.24, 2.45) is 0 Å². The van der Waals surface area contributed by atoms with E-state index >= 15 is 0 Å². The summed E-state index contributed by atoms with van der Waals surface area (Å²) < 4.78 is 4.79. The van der Waals surface area contributed by atoms with Crippen molar-refractivity contribution >= 4 is 35.4 Å². The molecule has 0 spiro atoms. The first kappa shape index (κ1) is 17.0. The number of nitrogens with zero attached hydrogens (tertiary/aromatic N) is 1. The predicted octanol–water partition coefficient (Wildman–Crippen LogP) is 4.46. The first-order valence-corrected chi connectivity index (χ1v) is 8.15. The van der Waals surface area contributed by atoms with Gasteiger partial charge in [-0.2, -0.15) is 0 Å². The Hall–Kier alpha value is -2.79. The smallest absolute Gasteiger partial charge is 0.326 e. The summed E-state index contributed by atoms with van der Waals surface area (Å²) in [4.78, 5) is 25.8. The lowest BCUT2D eigenvalue weighted by atomic mass is 9.98. The number of methoxy groups -OCH3 is 1. The molecule has 2 aromatic rings. The van der Waals surface area contributed by atoms with Gasteiger partial charge in [0.15, 0.2) is 0 Å². The quantitative estimate of drug-likeness (QED) is 0.822. The van der Waals surface area contributed by atoms with Gasteiger partial charge in [-0.3, -0.25) is 9.69 Å². The molecule has 0 bridgehead atoms. The van der Waals surface area contributed by atoms with Crippen molar-refractivity contribution < 1.29 is 14.3 Å². The molecule has 128 valence electrons. The molecule has 1 unspecified atom stereocenters. The number of nitrogens with one attached hydrogen (secondary N) is 1. The first-order valence-electron chi connectivity index (χ1n) is 7.77. The average Bonchev–Trinajstić information content (AvgIpc) is 2.62. The highest BCUT2D eigenvalue weighted by Gasteiger charge is 2.32. The van der Waals surface area contributed by atoms with Crippen LogP contribution in [0.15, 0.2) is 54.7 Å². The van der Waals surface area contributed by atoms with Crippen molar-refractivity contribution in [2.75, 3.05) is 12.4 Å². The van der Waals surface area contributed by atoms with E-state index in [2.05, 4.69) is 5.32 Å². The summed E-state index contributed by atoms with van der Waals surface area (Å²) in [6, 6.07) is 14.0. The molecule has 2 amide bonds. The zero-order valence-corrected chi connectivity index (χ0v) is 14.4. The van der Waals surface area contributed by atoms with Crippen molar-refractivity contribution in [3.05, 3.63) is 70.9 Å². The molecule has 0 saturated carbocycles. The van der Waals surface area contributed by atoms with Crippen LogP contribution in [-0.2, 0) is 9.53 Å². The van der Waals surface area contributed by atoms with Crippen LogP contribution in [0.1, 0.15) is 23.6 Å². The summed E-state index contributed by atoms with van der Waals surface area (Å²) in [6.45, 7) is 0. The fraction of sp³-hybridized carbons (Fsp3) is 0.158. The van der Waals surface area contributed by atoms with Gasteiger partial charge in [0.2, 0.25) is 0 Å². The number of halogens is 1. The normalized spacial score (nSPS) is 16.5. The first-order chi connectivity index (χ1) is 12.1. The van der Waals surface area contributed by atoms with Crippen LogP contribution in [0.4, 0.5) is 10.5 Å². The molecule has 1 N–H and O–H groups in total. The molecule has 1 aliphatic heterocycles. The second-order valence-corrected chi connectivity index (χ2v) is 6.02. The van der Waals surface area contributed by atoms with Gasteiger partial charge in [0.05, 0.1) is 19.6 Å². The van der Waals surface area contributed by atoms with Crippen molar-refractivity contribution in [2.45, 2.75) is 12.5 Å². The Bertz CT molecular complexity index is 818. The Balaban J connectivity index is 1.93. The third-order valence-electron chi connectivity index (χ3n) is 4.02. The van der Waals surface area contributed by atoms with Crippen LogP contribution in [0.5, 0.6) is 0 Å². The van der Waals surface area contributed by atoms with Crippen LogP contribution in [0.25, 0.3) is 6.08 Å². The van der Waals surface area contributed by atoms with Crippen molar-refractivity contribution in [3.63, 3.8) is 0 Å². The number of benzene rings is 2. The Labute approximate surface area is 150 Å². The Kier molecular flexibility index (Phi) is 5.05. The van der Waals surface area contributed by atoms with Crippen molar-refractivity contribution in [1.82, 2.24) is 4.90 Å². The summed E-state index contributed by atoms with van der Waals surface area (Å²) in [5, 5.41) is 3.48. The molecule has 3 rings (SSSR count). The zero-order valence-electron chi connectivity index (χ0n) is 13.6. The van der Waals surface area contributed by atoms with Crippen LogP contribution in [-0.4, -0.2) is 24.0 Å². The predicted molar refractivity (Wildman–Crippen MR) is 97.2 cm³/mol. The van der Waals surface area contributed by atoms with Gasteiger partial charge in [-0.15, -0.1) is 0 Å². The summed E-state index contributed by atoms with van der Waals surface area (Å²) >= 11 is 5.89. The topological polar surface area (TPSA) is 58.6 Å².